The van der Waals surface area contributed by atoms with Crippen LogP contribution in [-0.2, 0) is 16.0 Å². The lowest BCUT2D eigenvalue weighted by Gasteiger charge is -2.21. The molecular weight excluding hydrogens is 322 g/mol. The van der Waals surface area contributed by atoms with Gasteiger partial charge in [0, 0.05) is 6.04 Å². The molecule has 0 spiro atoms. The Kier molecular flexibility index (Phi) is 6.74. The topological polar surface area (TPSA) is 98.8 Å². The molecule has 0 aliphatic carbocycles. The van der Waals surface area contributed by atoms with Crippen LogP contribution in [-0.4, -0.2) is 29.7 Å². The zero-order valence-corrected chi connectivity index (χ0v) is 15.9. The Morgan fingerprint density at radius 3 is 1.92 bits per heavy atom. The van der Waals surface area contributed by atoms with E-state index in [4.69, 9.17) is 20.3 Å². The zero-order valence-electron chi connectivity index (χ0n) is 15.9. The van der Waals surface area contributed by atoms with Crippen LogP contribution in [0.3, 0.4) is 0 Å². The number of ether oxygens (including phenoxy) is 2. The molecule has 3 N–H and O–H groups in total. The Labute approximate surface area is 149 Å². The average molecular weight is 351 g/mol. The Hall–Kier alpha value is -1.92. The molecule has 25 heavy (non-hydrogen) atoms. The molecule has 140 valence electrons. The van der Waals surface area contributed by atoms with E-state index in [-0.39, 0.29) is 18.1 Å². The molecule has 0 radical (unpaired) electrons. The summed E-state index contributed by atoms with van der Waals surface area (Å²) in [5, 5.41) is 9.10. The molecular formula is C19H29NO5. The number of hydrogen-bond donors (Lipinski definition) is 2. The third-order valence-corrected chi connectivity index (χ3v) is 3.37. The van der Waals surface area contributed by atoms with E-state index in [1.807, 2.05) is 0 Å². The number of nitrogens with two attached hydrogens (primary N) is 1. The molecule has 1 unspecified atom stereocenters. The van der Waals surface area contributed by atoms with Gasteiger partial charge in [0.25, 0.3) is 0 Å². The number of aliphatic hydroxyl groups is 1. The molecule has 0 amide bonds. The summed E-state index contributed by atoms with van der Waals surface area (Å²) in [7, 11) is 0. The number of benzene rings is 1. The fourth-order valence-corrected chi connectivity index (χ4v) is 1.72. The van der Waals surface area contributed by atoms with Crippen molar-refractivity contribution in [2.45, 2.75) is 54.0 Å². The van der Waals surface area contributed by atoms with Crippen molar-refractivity contribution >= 4 is 11.9 Å². The lowest BCUT2D eigenvalue weighted by Crippen LogP contribution is -2.28. The molecule has 1 aromatic carbocycles. The van der Waals surface area contributed by atoms with Crippen LogP contribution in [0.15, 0.2) is 18.2 Å². The third kappa shape index (κ3) is 6.48. The van der Waals surface area contributed by atoms with E-state index in [9.17, 15) is 9.59 Å². The highest BCUT2D eigenvalue weighted by Crippen LogP contribution is 2.32. The molecule has 1 atom stereocenters. The molecule has 0 aromatic heterocycles. The Morgan fingerprint density at radius 1 is 1.00 bits per heavy atom. The molecule has 1 rings (SSSR count). The number of carbonyl (C=O) groups excluding carboxylic acids is 2. The molecule has 0 aliphatic rings. The zero-order chi connectivity index (χ0) is 19.4. The first-order chi connectivity index (χ1) is 11.3. The summed E-state index contributed by atoms with van der Waals surface area (Å²) in [5.74, 6) is -0.524. The first kappa shape index (κ1) is 21.1. The van der Waals surface area contributed by atoms with Crippen molar-refractivity contribution in [2.24, 2.45) is 16.6 Å². The van der Waals surface area contributed by atoms with Crippen molar-refractivity contribution < 1.29 is 24.2 Å². The number of rotatable bonds is 5. The van der Waals surface area contributed by atoms with Crippen LogP contribution < -0.4 is 15.2 Å². The largest absolute Gasteiger partial charge is 0.422 e. The van der Waals surface area contributed by atoms with Crippen LogP contribution in [0.5, 0.6) is 11.5 Å². The SMILES string of the molecule is CC(C)(C)C(=O)Oc1ccc(CC(N)CO)cc1OC(=O)C(C)(C)C. The van der Waals surface area contributed by atoms with Gasteiger partial charge < -0.3 is 20.3 Å². The van der Waals surface area contributed by atoms with E-state index in [0.29, 0.717) is 6.42 Å². The second-order valence-corrected chi connectivity index (χ2v) is 8.21. The number of esters is 2. The first-order valence-electron chi connectivity index (χ1n) is 8.28. The molecule has 0 saturated carbocycles. The summed E-state index contributed by atoms with van der Waals surface area (Å²) in [4.78, 5) is 24.4. The van der Waals surface area contributed by atoms with Gasteiger partial charge in [-0.3, -0.25) is 9.59 Å². The van der Waals surface area contributed by atoms with Crippen LogP contribution in [0.1, 0.15) is 47.1 Å². The predicted molar refractivity (Wildman–Crippen MR) is 95.4 cm³/mol. The van der Waals surface area contributed by atoms with Crippen molar-refractivity contribution in [2.75, 3.05) is 6.61 Å². The van der Waals surface area contributed by atoms with Gasteiger partial charge >= 0.3 is 11.9 Å². The van der Waals surface area contributed by atoms with Gasteiger partial charge in [-0.1, -0.05) is 6.07 Å². The van der Waals surface area contributed by atoms with Crippen molar-refractivity contribution in [3.05, 3.63) is 23.8 Å². The van der Waals surface area contributed by atoms with Crippen molar-refractivity contribution in [3.63, 3.8) is 0 Å². The van der Waals surface area contributed by atoms with Crippen molar-refractivity contribution in [1.29, 1.82) is 0 Å². The second kappa shape index (κ2) is 7.97. The summed E-state index contributed by atoms with van der Waals surface area (Å²) < 4.78 is 10.9. The van der Waals surface area contributed by atoms with E-state index < -0.39 is 28.8 Å². The monoisotopic (exact) mass is 351 g/mol. The maximum absolute atomic E-state index is 12.2. The molecule has 0 aliphatic heterocycles. The summed E-state index contributed by atoms with van der Waals surface area (Å²) >= 11 is 0. The molecule has 6 nitrogen and oxygen atoms in total. The summed E-state index contributed by atoms with van der Waals surface area (Å²) in [6.07, 6.45) is 0.407. The number of hydrogen-bond acceptors (Lipinski definition) is 6. The minimum atomic E-state index is -0.706. The molecule has 6 heteroatoms. The van der Waals surface area contributed by atoms with Gasteiger partial charge in [0.1, 0.15) is 0 Å². The van der Waals surface area contributed by atoms with Gasteiger partial charge in [-0.25, -0.2) is 0 Å². The van der Waals surface area contributed by atoms with Crippen molar-refractivity contribution in [1.82, 2.24) is 0 Å². The van der Waals surface area contributed by atoms with E-state index >= 15 is 0 Å². The highest BCUT2D eigenvalue weighted by atomic mass is 16.6. The van der Waals surface area contributed by atoms with Crippen molar-refractivity contribution in [3.8, 4) is 11.5 Å². The van der Waals surface area contributed by atoms with Gasteiger partial charge in [-0.2, -0.15) is 0 Å². The fraction of sp³-hybridized carbons (Fsp3) is 0.579. The van der Waals surface area contributed by atoms with Gasteiger partial charge in [-0.05, 0) is 65.7 Å². The third-order valence-electron chi connectivity index (χ3n) is 3.37. The second-order valence-electron chi connectivity index (χ2n) is 8.21. The quantitative estimate of drug-likeness (QED) is 0.624. The highest BCUT2D eigenvalue weighted by Gasteiger charge is 2.28. The standard InChI is InChI=1S/C19H29NO5/c1-18(2,3)16(22)24-14-8-7-12(9-13(20)11-21)10-15(14)25-17(23)19(4,5)6/h7-8,10,13,21H,9,11,20H2,1-6H3. The van der Waals surface area contributed by atoms with Crippen LogP contribution in [0.2, 0.25) is 0 Å². The smallest absolute Gasteiger partial charge is 0.316 e. The normalized spacial score (nSPS) is 13.3. The van der Waals surface area contributed by atoms with E-state index in [1.54, 1.807) is 59.7 Å². The van der Waals surface area contributed by atoms with E-state index in [2.05, 4.69) is 0 Å². The molecule has 1 aromatic rings. The maximum atomic E-state index is 12.2. The van der Waals surface area contributed by atoms with Crippen LogP contribution in [0.4, 0.5) is 0 Å². The lowest BCUT2D eigenvalue weighted by atomic mass is 9.97. The summed E-state index contributed by atoms with van der Waals surface area (Å²) in [6, 6.07) is 4.50. The van der Waals surface area contributed by atoms with Gasteiger partial charge in [0.15, 0.2) is 11.5 Å². The average Bonchev–Trinajstić information content (AvgIpc) is 2.47. The van der Waals surface area contributed by atoms with Crippen LogP contribution >= 0.6 is 0 Å². The first-order valence-corrected chi connectivity index (χ1v) is 8.28. The van der Waals surface area contributed by atoms with E-state index in [1.165, 1.54) is 0 Å². The number of aliphatic hydroxyl groups excluding tert-OH is 1. The van der Waals surface area contributed by atoms with Gasteiger partial charge in [0.2, 0.25) is 0 Å². The van der Waals surface area contributed by atoms with E-state index in [0.717, 1.165) is 5.56 Å². The minimum absolute atomic E-state index is 0.155. The highest BCUT2D eigenvalue weighted by molar-refractivity contribution is 5.81. The Bertz CT molecular complexity index is 626. The maximum Gasteiger partial charge on any atom is 0.316 e. The Balaban J connectivity index is 3.17. The van der Waals surface area contributed by atoms with Crippen LogP contribution in [0.25, 0.3) is 0 Å². The molecule has 0 saturated heterocycles. The molecule has 0 fully saturated rings. The summed E-state index contributed by atoms with van der Waals surface area (Å²) in [5.41, 5.74) is 5.13. The Morgan fingerprint density at radius 2 is 1.48 bits per heavy atom. The fourth-order valence-electron chi connectivity index (χ4n) is 1.72. The van der Waals surface area contributed by atoms with Gasteiger partial charge in [0.05, 0.1) is 17.4 Å². The molecule has 0 heterocycles. The lowest BCUT2D eigenvalue weighted by molar-refractivity contribution is -0.145. The predicted octanol–water partition coefficient (Wildman–Crippen LogP) is 2.45. The number of carbonyl (C=O) groups is 2. The van der Waals surface area contributed by atoms with Gasteiger partial charge in [-0.15, -0.1) is 0 Å². The molecule has 0 bridgehead atoms. The minimum Gasteiger partial charge on any atom is -0.422 e. The summed E-state index contributed by atoms with van der Waals surface area (Å²) in [6.45, 7) is 10.3. The van der Waals surface area contributed by atoms with Crippen LogP contribution in [0, 0.1) is 10.8 Å².